The Hall–Kier alpha value is -1.27. The second-order valence-electron chi connectivity index (χ2n) is 8.14. The van der Waals surface area contributed by atoms with Crippen molar-refractivity contribution in [2.45, 2.75) is 65.8 Å². The average molecular weight is 427 g/mol. The first kappa shape index (κ1) is 21.0. The first-order valence-corrected chi connectivity index (χ1v) is 10.0. The van der Waals surface area contributed by atoms with Gasteiger partial charge in [0.25, 0.3) is 0 Å². The molecule has 5 nitrogen and oxygen atoms in total. The molecule has 0 bridgehead atoms. The van der Waals surface area contributed by atoms with Crippen molar-refractivity contribution in [1.82, 2.24) is 9.80 Å². The molecule has 0 radical (unpaired) electrons. The molecule has 26 heavy (non-hydrogen) atoms. The van der Waals surface area contributed by atoms with Gasteiger partial charge >= 0.3 is 6.09 Å². The average Bonchev–Trinajstić information content (AvgIpc) is 2.50. The normalized spacial score (nSPS) is 18.9. The van der Waals surface area contributed by atoms with E-state index in [0.717, 1.165) is 28.9 Å². The van der Waals surface area contributed by atoms with Gasteiger partial charge in [-0.15, -0.1) is 0 Å². The van der Waals surface area contributed by atoms with Crippen LogP contribution in [0.2, 0.25) is 0 Å². The second-order valence-corrected chi connectivity index (χ2v) is 8.99. The minimum absolute atomic E-state index is 0.119. The Morgan fingerprint density at radius 2 is 2.00 bits per heavy atom. The lowest BCUT2D eigenvalue weighted by atomic mass is 10.1. The minimum atomic E-state index is -0.461. The van der Waals surface area contributed by atoms with Gasteiger partial charge in [0.2, 0.25) is 0 Å². The third-order valence-corrected chi connectivity index (χ3v) is 4.82. The van der Waals surface area contributed by atoms with Crippen LogP contribution < -0.4 is 4.74 Å². The van der Waals surface area contributed by atoms with E-state index in [1.165, 1.54) is 0 Å². The molecule has 1 amide bonds. The Morgan fingerprint density at radius 3 is 2.58 bits per heavy atom. The molecule has 146 valence electrons. The number of nitrogens with zero attached hydrogens (tertiary/aromatic N) is 2. The van der Waals surface area contributed by atoms with Gasteiger partial charge < -0.3 is 14.4 Å². The first-order valence-electron chi connectivity index (χ1n) is 9.23. The topological polar surface area (TPSA) is 42.0 Å². The van der Waals surface area contributed by atoms with Crippen molar-refractivity contribution >= 4 is 22.0 Å². The number of halogens is 1. The predicted molar refractivity (Wildman–Crippen MR) is 108 cm³/mol. The molecule has 0 aliphatic carbocycles. The molecule has 1 aliphatic heterocycles. The molecule has 1 saturated heterocycles. The predicted octanol–water partition coefficient (Wildman–Crippen LogP) is 4.68. The van der Waals surface area contributed by atoms with Crippen LogP contribution in [0.1, 0.15) is 47.1 Å². The van der Waals surface area contributed by atoms with Crippen molar-refractivity contribution in [2.75, 3.05) is 19.6 Å². The van der Waals surface area contributed by atoms with Crippen LogP contribution in [0.4, 0.5) is 4.79 Å². The third-order valence-electron chi connectivity index (χ3n) is 4.19. The molecule has 1 atom stereocenters. The van der Waals surface area contributed by atoms with Gasteiger partial charge in [0.15, 0.2) is 0 Å². The number of benzene rings is 1. The molecule has 1 unspecified atom stereocenters. The number of rotatable bonds is 4. The SMILES string of the molecule is CC(C)Oc1c(Br)cccc1CN1CCN(C(=O)OC(C)(C)C)CC1C. The van der Waals surface area contributed by atoms with Crippen LogP contribution in [0.25, 0.3) is 0 Å². The third kappa shape index (κ3) is 5.88. The second kappa shape index (κ2) is 8.61. The Morgan fingerprint density at radius 1 is 1.31 bits per heavy atom. The van der Waals surface area contributed by atoms with Gasteiger partial charge in [-0.3, -0.25) is 4.90 Å². The fraction of sp³-hybridized carbons (Fsp3) is 0.650. The first-order chi connectivity index (χ1) is 12.1. The lowest BCUT2D eigenvalue weighted by molar-refractivity contribution is 0.00444. The van der Waals surface area contributed by atoms with E-state index in [1.54, 1.807) is 4.90 Å². The molecule has 1 aliphatic rings. The van der Waals surface area contributed by atoms with E-state index in [-0.39, 0.29) is 18.2 Å². The van der Waals surface area contributed by atoms with Crippen LogP contribution in [0.15, 0.2) is 22.7 Å². The minimum Gasteiger partial charge on any atom is -0.489 e. The zero-order valence-corrected chi connectivity index (χ0v) is 18.3. The fourth-order valence-corrected chi connectivity index (χ4v) is 3.49. The molecule has 0 aromatic heterocycles. The van der Waals surface area contributed by atoms with Gasteiger partial charge in [0.1, 0.15) is 11.4 Å². The van der Waals surface area contributed by atoms with E-state index in [4.69, 9.17) is 9.47 Å². The van der Waals surface area contributed by atoms with E-state index in [2.05, 4.69) is 33.8 Å². The van der Waals surface area contributed by atoms with Gasteiger partial charge in [-0.1, -0.05) is 12.1 Å². The highest BCUT2D eigenvalue weighted by Gasteiger charge is 2.30. The number of hydrogen-bond acceptors (Lipinski definition) is 4. The largest absolute Gasteiger partial charge is 0.489 e. The highest BCUT2D eigenvalue weighted by atomic mass is 79.9. The number of para-hydroxylation sites is 1. The molecular weight excluding hydrogens is 396 g/mol. The Balaban J connectivity index is 2.03. The van der Waals surface area contributed by atoms with Crippen molar-refractivity contribution < 1.29 is 14.3 Å². The van der Waals surface area contributed by atoms with Crippen molar-refractivity contribution in [1.29, 1.82) is 0 Å². The zero-order valence-electron chi connectivity index (χ0n) is 16.7. The lowest BCUT2D eigenvalue weighted by Gasteiger charge is -2.40. The smallest absolute Gasteiger partial charge is 0.410 e. The summed E-state index contributed by atoms with van der Waals surface area (Å²) >= 11 is 3.60. The molecule has 0 saturated carbocycles. The van der Waals surface area contributed by atoms with E-state index >= 15 is 0 Å². The van der Waals surface area contributed by atoms with Crippen LogP contribution in [0.5, 0.6) is 5.75 Å². The molecule has 1 aromatic carbocycles. The summed E-state index contributed by atoms with van der Waals surface area (Å²) in [5.74, 6) is 0.907. The summed E-state index contributed by atoms with van der Waals surface area (Å²) in [6.07, 6.45) is -0.107. The van der Waals surface area contributed by atoms with Crippen LogP contribution in [0, 0.1) is 0 Å². The van der Waals surface area contributed by atoms with Crippen molar-refractivity contribution in [3.63, 3.8) is 0 Å². The number of carbonyl (C=O) groups excluding carboxylic acids is 1. The van der Waals surface area contributed by atoms with Crippen LogP contribution in [-0.2, 0) is 11.3 Å². The zero-order chi connectivity index (χ0) is 19.5. The summed E-state index contributed by atoms with van der Waals surface area (Å²) in [5.41, 5.74) is 0.697. The van der Waals surface area contributed by atoms with Crippen molar-refractivity contribution in [2.24, 2.45) is 0 Å². The monoisotopic (exact) mass is 426 g/mol. The van der Waals surface area contributed by atoms with E-state index in [1.807, 2.05) is 46.8 Å². The van der Waals surface area contributed by atoms with Crippen LogP contribution in [0.3, 0.4) is 0 Å². The molecule has 1 heterocycles. The Kier molecular flexibility index (Phi) is 6.97. The standard InChI is InChI=1S/C20H31BrN2O3/c1-14(2)25-18-16(8-7-9-17(18)21)13-22-10-11-23(12-15(22)3)19(24)26-20(4,5)6/h7-9,14-15H,10-13H2,1-6H3. The quantitative estimate of drug-likeness (QED) is 0.700. The fourth-order valence-electron chi connectivity index (χ4n) is 2.99. The summed E-state index contributed by atoms with van der Waals surface area (Å²) < 4.78 is 12.5. The maximum absolute atomic E-state index is 12.3. The van der Waals surface area contributed by atoms with Crippen LogP contribution in [-0.4, -0.2) is 53.3 Å². The van der Waals surface area contributed by atoms with E-state index in [9.17, 15) is 4.79 Å². The highest BCUT2D eigenvalue weighted by molar-refractivity contribution is 9.10. The molecule has 6 heteroatoms. The number of piperazine rings is 1. The maximum atomic E-state index is 12.3. The Labute approximate surface area is 165 Å². The summed E-state index contributed by atoms with van der Waals surface area (Å²) in [6.45, 7) is 14.9. The van der Waals surface area contributed by atoms with E-state index < -0.39 is 5.60 Å². The van der Waals surface area contributed by atoms with E-state index in [0.29, 0.717) is 13.1 Å². The number of ether oxygens (including phenoxy) is 2. The number of amides is 1. The molecule has 0 N–H and O–H groups in total. The van der Waals surface area contributed by atoms with Crippen molar-refractivity contribution in [3.05, 3.63) is 28.2 Å². The molecular formula is C20H31BrN2O3. The lowest BCUT2D eigenvalue weighted by Crippen LogP contribution is -2.54. The van der Waals surface area contributed by atoms with Gasteiger partial charge in [-0.25, -0.2) is 4.79 Å². The summed E-state index contributed by atoms with van der Waals surface area (Å²) in [5, 5.41) is 0. The summed E-state index contributed by atoms with van der Waals surface area (Å²) in [7, 11) is 0. The Bertz CT molecular complexity index is 628. The molecule has 2 rings (SSSR count). The van der Waals surface area contributed by atoms with Gasteiger partial charge in [0.05, 0.1) is 10.6 Å². The molecule has 0 spiro atoms. The molecule has 1 aromatic rings. The van der Waals surface area contributed by atoms with Crippen LogP contribution >= 0.6 is 15.9 Å². The number of carbonyl (C=O) groups is 1. The number of hydrogen-bond donors (Lipinski definition) is 0. The van der Waals surface area contributed by atoms with Gasteiger partial charge in [-0.2, -0.15) is 0 Å². The summed E-state index contributed by atoms with van der Waals surface area (Å²) in [6, 6.07) is 6.40. The van der Waals surface area contributed by atoms with Crippen molar-refractivity contribution in [3.8, 4) is 5.75 Å². The summed E-state index contributed by atoms with van der Waals surface area (Å²) in [4.78, 5) is 16.5. The maximum Gasteiger partial charge on any atom is 0.410 e. The van der Waals surface area contributed by atoms with Gasteiger partial charge in [0, 0.05) is 37.8 Å². The van der Waals surface area contributed by atoms with Gasteiger partial charge in [-0.05, 0) is 63.5 Å². The molecule has 1 fully saturated rings. The highest BCUT2D eigenvalue weighted by Crippen LogP contribution is 2.31.